The van der Waals surface area contributed by atoms with Crippen molar-refractivity contribution in [2.24, 2.45) is 4.99 Å². The van der Waals surface area contributed by atoms with Gasteiger partial charge in [0.15, 0.2) is 0 Å². The third-order valence-electron chi connectivity index (χ3n) is 6.46. The average Bonchev–Trinajstić information content (AvgIpc) is 3.62. The minimum Gasteiger partial charge on any atom is -0.445 e. The Kier molecular flexibility index (Phi) is 8.11. The molecule has 1 atom stereocenters. The number of hydrogen-bond acceptors (Lipinski definition) is 6. The number of benzene rings is 3. The van der Waals surface area contributed by atoms with Crippen molar-refractivity contribution in [1.82, 2.24) is 15.0 Å². The number of amidine groups is 1. The first-order chi connectivity index (χ1) is 19.4. The topological polar surface area (TPSA) is 142 Å². The molecule has 4 N–H and O–H groups in total. The van der Waals surface area contributed by atoms with E-state index in [9.17, 15) is 18.0 Å². The van der Waals surface area contributed by atoms with Gasteiger partial charge in [-0.25, -0.2) is 13.2 Å². The number of ether oxygens (including phenoxy) is 1. The molecule has 0 saturated heterocycles. The van der Waals surface area contributed by atoms with E-state index in [-0.39, 0.29) is 23.6 Å². The standard InChI is InChI=1S/C29H29N5O5S/c35-28(32-22-10-6-11-23(17-22)40(37,38)34-27-14-7-15-30-27)26(16-21-18-31-25-13-5-4-12-24(21)25)33-29(36)39-19-20-8-2-1-3-9-20/h1-6,8-13,17-18,26,31H,7,14-16,19H2,(H,30,34)(H,32,35)(H,33,36)/t26-/m1/s1. The smallest absolute Gasteiger partial charge is 0.408 e. The molecule has 2 amide bonds. The van der Waals surface area contributed by atoms with E-state index in [4.69, 9.17) is 4.74 Å². The summed E-state index contributed by atoms with van der Waals surface area (Å²) in [5.74, 6) is -0.101. The first-order valence-electron chi connectivity index (χ1n) is 12.9. The fraction of sp³-hybridized carbons (Fsp3) is 0.207. The number of sulfonamides is 1. The van der Waals surface area contributed by atoms with Crippen LogP contribution in [0, 0.1) is 0 Å². The zero-order valence-corrected chi connectivity index (χ0v) is 22.4. The molecule has 2 heterocycles. The van der Waals surface area contributed by atoms with E-state index in [0.29, 0.717) is 18.8 Å². The molecule has 0 saturated carbocycles. The Balaban J connectivity index is 1.32. The lowest BCUT2D eigenvalue weighted by atomic mass is 10.0. The summed E-state index contributed by atoms with van der Waals surface area (Å²) in [5, 5.41) is 6.34. The van der Waals surface area contributed by atoms with E-state index >= 15 is 0 Å². The number of nitrogens with one attached hydrogen (secondary N) is 4. The van der Waals surface area contributed by atoms with E-state index in [1.54, 1.807) is 12.3 Å². The fourth-order valence-corrected chi connectivity index (χ4v) is 5.58. The van der Waals surface area contributed by atoms with Gasteiger partial charge in [0.2, 0.25) is 5.91 Å². The SMILES string of the molecule is O=C(N[C@H](Cc1c[nH]c2ccccc12)C(=O)Nc1cccc(S(=O)(=O)NC2=NCCC2)c1)OCc1ccccc1. The van der Waals surface area contributed by atoms with Gasteiger partial charge < -0.3 is 20.4 Å². The number of anilines is 1. The number of H-pyrrole nitrogens is 1. The van der Waals surface area contributed by atoms with E-state index in [1.807, 2.05) is 54.6 Å². The lowest BCUT2D eigenvalue weighted by Crippen LogP contribution is -2.45. The Bertz CT molecular complexity index is 1650. The van der Waals surface area contributed by atoms with Crippen LogP contribution >= 0.6 is 0 Å². The maximum Gasteiger partial charge on any atom is 0.408 e. The molecule has 11 heteroatoms. The highest BCUT2D eigenvalue weighted by Crippen LogP contribution is 2.21. The van der Waals surface area contributed by atoms with Gasteiger partial charge in [0.25, 0.3) is 10.0 Å². The van der Waals surface area contributed by atoms with Crippen molar-refractivity contribution in [1.29, 1.82) is 0 Å². The van der Waals surface area contributed by atoms with E-state index in [1.165, 1.54) is 18.2 Å². The fourth-order valence-electron chi connectivity index (χ4n) is 4.44. The number of carbonyl (C=O) groups excluding carboxylic acids is 2. The van der Waals surface area contributed by atoms with Gasteiger partial charge >= 0.3 is 6.09 Å². The van der Waals surface area contributed by atoms with Gasteiger partial charge in [-0.05, 0) is 41.8 Å². The van der Waals surface area contributed by atoms with Gasteiger partial charge in [-0.2, -0.15) is 0 Å². The quantitative estimate of drug-likeness (QED) is 0.244. The third kappa shape index (κ3) is 6.67. The minimum atomic E-state index is -3.87. The molecule has 0 radical (unpaired) electrons. The van der Waals surface area contributed by atoms with Crippen LogP contribution in [0.3, 0.4) is 0 Å². The summed E-state index contributed by atoms with van der Waals surface area (Å²) in [5.41, 5.74) is 2.81. The highest BCUT2D eigenvalue weighted by Gasteiger charge is 2.25. The lowest BCUT2D eigenvalue weighted by Gasteiger charge is -2.19. The minimum absolute atomic E-state index is 0.0108. The second-order valence-electron chi connectivity index (χ2n) is 9.38. The van der Waals surface area contributed by atoms with Gasteiger partial charge in [-0.15, -0.1) is 0 Å². The molecule has 5 rings (SSSR count). The lowest BCUT2D eigenvalue weighted by molar-refractivity contribution is -0.118. The maximum atomic E-state index is 13.4. The van der Waals surface area contributed by atoms with E-state index in [0.717, 1.165) is 28.5 Å². The predicted octanol–water partition coefficient (Wildman–Crippen LogP) is 4.11. The molecule has 0 bridgehead atoms. The molecular weight excluding hydrogens is 530 g/mol. The summed E-state index contributed by atoms with van der Waals surface area (Å²) in [6.45, 7) is 0.638. The maximum absolute atomic E-state index is 13.4. The zero-order chi connectivity index (χ0) is 28.0. The number of rotatable bonds is 9. The number of para-hydroxylation sites is 1. The monoisotopic (exact) mass is 559 g/mol. The summed E-state index contributed by atoms with van der Waals surface area (Å²) >= 11 is 0. The predicted molar refractivity (Wildman–Crippen MR) is 152 cm³/mol. The van der Waals surface area contributed by atoms with E-state index < -0.39 is 28.1 Å². The summed E-state index contributed by atoms with van der Waals surface area (Å²) in [6, 6.07) is 21.8. The molecule has 4 aromatic rings. The Morgan fingerprint density at radius 2 is 1.80 bits per heavy atom. The number of fused-ring (bicyclic) bond motifs is 1. The molecule has 1 aliphatic rings. The average molecular weight is 560 g/mol. The number of aliphatic imine (C=N–C) groups is 1. The highest BCUT2D eigenvalue weighted by molar-refractivity contribution is 7.90. The van der Waals surface area contributed by atoms with Crippen LogP contribution in [-0.4, -0.2) is 43.8 Å². The number of nitrogens with zero attached hydrogens (tertiary/aromatic N) is 1. The summed E-state index contributed by atoms with van der Waals surface area (Å²) in [6.07, 6.45) is 2.59. The number of aromatic amines is 1. The van der Waals surface area contributed by atoms with Crippen molar-refractivity contribution in [3.8, 4) is 0 Å². The van der Waals surface area contributed by atoms with Crippen molar-refractivity contribution >= 4 is 44.4 Å². The van der Waals surface area contributed by atoms with Crippen LogP contribution in [0.2, 0.25) is 0 Å². The van der Waals surface area contributed by atoms with Crippen molar-refractivity contribution < 1.29 is 22.7 Å². The molecular formula is C29H29N5O5S. The van der Waals surface area contributed by atoms with Gasteiger partial charge in [-0.1, -0.05) is 54.6 Å². The molecule has 40 heavy (non-hydrogen) atoms. The van der Waals surface area contributed by atoms with Crippen molar-refractivity contribution in [2.75, 3.05) is 11.9 Å². The normalized spacial score (nSPS) is 13.8. The number of hydrogen-bond donors (Lipinski definition) is 4. The Hall–Kier alpha value is -4.64. The van der Waals surface area contributed by atoms with Crippen LogP contribution in [0.1, 0.15) is 24.0 Å². The van der Waals surface area contributed by atoms with Crippen LogP contribution in [0.4, 0.5) is 10.5 Å². The Morgan fingerprint density at radius 1 is 1.00 bits per heavy atom. The number of carbonyl (C=O) groups is 2. The molecule has 1 aromatic heterocycles. The van der Waals surface area contributed by atoms with Crippen molar-refractivity contribution in [2.45, 2.75) is 36.8 Å². The molecule has 1 aliphatic heterocycles. The molecule has 3 aromatic carbocycles. The number of amides is 2. The van der Waals surface area contributed by atoms with Crippen LogP contribution in [0.25, 0.3) is 10.9 Å². The first kappa shape index (κ1) is 26.9. The molecule has 0 fully saturated rings. The molecule has 10 nitrogen and oxygen atoms in total. The number of aromatic nitrogens is 1. The van der Waals surface area contributed by atoms with Gasteiger partial charge in [0, 0.05) is 42.2 Å². The van der Waals surface area contributed by atoms with Gasteiger partial charge in [0.05, 0.1) is 4.90 Å². The summed E-state index contributed by atoms with van der Waals surface area (Å²) in [4.78, 5) is 33.5. The molecule has 0 unspecified atom stereocenters. The molecule has 0 aliphatic carbocycles. The largest absolute Gasteiger partial charge is 0.445 e. The first-order valence-corrected chi connectivity index (χ1v) is 14.3. The highest BCUT2D eigenvalue weighted by atomic mass is 32.2. The number of alkyl carbamates (subject to hydrolysis) is 1. The van der Waals surface area contributed by atoms with Crippen LogP contribution < -0.4 is 15.4 Å². The second-order valence-corrected chi connectivity index (χ2v) is 11.1. The zero-order valence-electron chi connectivity index (χ0n) is 21.6. The Labute approximate surface area is 231 Å². The molecule has 0 spiro atoms. The van der Waals surface area contributed by atoms with Crippen LogP contribution in [0.15, 0.2) is 94.9 Å². The molecule has 206 valence electrons. The van der Waals surface area contributed by atoms with Gasteiger partial charge in [0.1, 0.15) is 18.5 Å². The Morgan fingerprint density at radius 3 is 2.60 bits per heavy atom. The third-order valence-corrected chi connectivity index (χ3v) is 7.84. The van der Waals surface area contributed by atoms with Crippen LogP contribution in [0.5, 0.6) is 0 Å². The van der Waals surface area contributed by atoms with E-state index in [2.05, 4.69) is 25.3 Å². The summed E-state index contributed by atoms with van der Waals surface area (Å²) in [7, 11) is -3.87. The van der Waals surface area contributed by atoms with Gasteiger partial charge in [-0.3, -0.25) is 14.5 Å². The summed E-state index contributed by atoms with van der Waals surface area (Å²) < 4.78 is 33.6. The van der Waals surface area contributed by atoms with Crippen molar-refractivity contribution in [3.05, 3.63) is 96.2 Å². The second kappa shape index (κ2) is 12.0. The van der Waals surface area contributed by atoms with Crippen LogP contribution in [-0.2, 0) is 32.6 Å². The van der Waals surface area contributed by atoms with Crippen molar-refractivity contribution in [3.63, 3.8) is 0 Å².